The van der Waals surface area contributed by atoms with Crippen LogP contribution in [0, 0.1) is 0 Å². The number of carboxylic acid groups (broad SMARTS) is 2. The second-order valence-corrected chi connectivity index (χ2v) is 13.0. The number of hydrogen-bond donors (Lipinski definition) is 3. The van der Waals surface area contributed by atoms with Gasteiger partial charge in [-0.3, -0.25) is 15.0 Å². The van der Waals surface area contributed by atoms with Crippen molar-refractivity contribution in [3.8, 4) is 0 Å². The number of ether oxygens (including phenoxy) is 4. The molecule has 2 aliphatic rings. The number of amides is 1. The number of nitrogens with one attached hydrogen (secondary N) is 1. The zero-order chi connectivity index (χ0) is 29.9. The SMILES string of the molecule is CC(C)(C)OC(=O)N1CSCC1C(=O)O.CC(C)(C)OC(=O)OC(=O)OC(C)(C)C.O=C(O)C1CSCN1. The van der Waals surface area contributed by atoms with E-state index < -0.39 is 53.2 Å². The number of rotatable bonds is 2. The van der Waals surface area contributed by atoms with E-state index >= 15 is 0 Å². The van der Waals surface area contributed by atoms with Gasteiger partial charge in [-0.2, -0.15) is 0 Å². The highest BCUT2D eigenvalue weighted by atomic mass is 32.2. The van der Waals surface area contributed by atoms with Gasteiger partial charge >= 0.3 is 30.3 Å². The van der Waals surface area contributed by atoms with E-state index in [2.05, 4.69) is 10.1 Å². The Hall–Kier alpha value is -2.39. The number of carbonyl (C=O) groups excluding carboxylic acids is 3. The van der Waals surface area contributed by atoms with Gasteiger partial charge in [0, 0.05) is 17.4 Å². The second-order valence-electron chi connectivity index (χ2n) is 10.9. The van der Waals surface area contributed by atoms with E-state index in [-0.39, 0.29) is 6.04 Å². The molecule has 0 spiro atoms. The summed E-state index contributed by atoms with van der Waals surface area (Å²) in [6.07, 6.45) is -2.67. The summed E-state index contributed by atoms with van der Waals surface area (Å²) < 4.78 is 18.9. The predicted molar refractivity (Wildman–Crippen MR) is 142 cm³/mol. The molecule has 38 heavy (non-hydrogen) atoms. The first-order chi connectivity index (χ1) is 17.1. The third-order valence-corrected chi connectivity index (χ3v) is 5.71. The van der Waals surface area contributed by atoms with Crippen molar-refractivity contribution in [2.45, 2.75) is 91.2 Å². The van der Waals surface area contributed by atoms with Gasteiger partial charge in [0.25, 0.3) is 0 Å². The molecule has 15 heteroatoms. The topological polar surface area (TPSA) is 178 Å². The van der Waals surface area contributed by atoms with Crippen molar-refractivity contribution in [1.82, 2.24) is 10.2 Å². The Morgan fingerprint density at radius 1 is 0.737 bits per heavy atom. The molecule has 0 saturated carbocycles. The molecule has 3 N–H and O–H groups in total. The lowest BCUT2D eigenvalue weighted by Crippen LogP contribution is -2.44. The number of hydrogen-bond acceptors (Lipinski definition) is 12. The van der Waals surface area contributed by atoms with Crippen molar-refractivity contribution in [3.63, 3.8) is 0 Å². The molecule has 0 radical (unpaired) electrons. The van der Waals surface area contributed by atoms with Crippen molar-refractivity contribution in [1.29, 1.82) is 0 Å². The van der Waals surface area contributed by atoms with E-state index in [4.69, 9.17) is 24.4 Å². The lowest BCUT2D eigenvalue weighted by molar-refractivity contribution is -0.141. The third kappa shape index (κ3) is 17.2. The maximum atomic E-state index is 11.6. The maximum Gasteiger partial charge on any atom is 0.519 e. The van der Waals surface area contributed by atoms with Crippen LogP contribution in [-0.4, -0.2) is 97.6 Å². The Labute approximate surface area is 231 Å². The quantitative estimate of drug-likeness (QED) is 0.241. The number of aliphatic carboxylic acids is 2. The van der Waals surface area contributed by atoms with Crippen molar-refractivity contribution in [2.75, 3.05) is 23.3 Å². The van der Waals surface area contributed by atoms with Gasteiger partial charge in [-0.1, -0.05) is 0 Å². The van der Waals surface area contributed by atoms with E-state index in [1.54, 1.807) is 74.1 Å². The first-order valence-corrected chi connectivity index (χ1v) is 13.9. The van der Waals surface area contributed by atoms with Crippen LogP contribution in [0.25, 0.3) is 0 Å². The maximum absolute atomic E-state index is 11.6. The summed E-state index contributed by atoms with van der Waals surface area (Å²) in [4.78, 5) is 55.8. The first kappa shape index (κ1) is 35.6. The number of carboxylic acids is 2. The third-order valence-electron chi connectivity index (χ3n) is 3.76. The molecule has 2 unspecified atom stereocenters. The molecule has 2 heterocycles. The normalized spacial score (nSPS) is 19.1. The minimum absolute atomic E-state index is 0.306. The largest absolute Gasteiger partial charge is 0.519 e. The van der Waals surface area contributed by atoms with Crippen molar-refractivity contribution < 1.29 is 53.1 Å². The van der Waals surface area contributed by atoms with Gasteiger partial charge in [0.15, 0.2) is 0 Å². The lowest BCUT2D eigenvalue weighted by atomic mass is 10.2. The summed E-state index contributed by atoms with van der Waals surface area (Å²) in [6.45, 7) is 15.3. The zero-order valence-electron chi connectivity index (χ0n) is 23.3. The molecular formula is C23H40N2O11S2. The standard InChI is InChI=1S/C10H18O5.C9H15NO4S.C4H7NO2S/c1-9(2,3)14-7(11)13-8(12)15-10(4,5)6;1-9(2,3)14-8(13)10-5-15-4-6(10)7(11)12;6-4(7)3-1-8-2-5-3/h1-6H3;6H,4-5H2,1-3H3,(H,11,12);3,5H,1-2H2,(H,6,7). The van der Waals surface area contributed by atoms with Crippen LogP contribution in [0.4, 0.5) is 14.4 Å². The van der Waals surface area contributed by atoms with Crippen LogP contribution >= 0.6 is 23.5 Å². The summed E-state index contributed by atoms with van der Waals surface area (Å²) >= 11 is 3.04. The molecule has 13 nitrogen and oxygen atoms in total. The molecule has 2 fully saturated rings. The van der Waals surface area contributed by atoms with Crippen LogP contribution in [0.5, 0.6) is 0 Å². The van der Waals surface area contributed by atoms with Gasteiger partial charge in [-0.15, -0.1) is 23.5 Å². The average molecular weight is 585 g/mol. The van der Waals surface area contributed by atoms with E-state index in [1.165, 1.54) is 16.7 Å². The molecule has 0 aromatic rings. The van der Waals surface area contributed by atoms with Crippen LogP contribution < -0.4 is 5.32 Å². The fraction of sp³-hybridized carbons (Fsp3) is 0.783. The average Bonchev–Trinajstić information content (AvgIpc) is 3.37. The van der Waals surface area contributed by atoms with Crippen molar-refractivity contribution in [2.24, 2.45) is 0 Å². The minimum atomic E-state index is -1.06. The second kappa shape index (κ2) is 15.3. The first-order valence-electron chi connectivity index (χ1n) is 11.6. The summed E-state index contributed by atoms with van der Waals surface area (Å²) in [5.41, 5.74) is -1.98. The Kier molecular flexibility index (Phi) is 14.3. The Bertz CT molecular complexity index is 801. The number of nitrogens with zero attached hydrogens (tertiary/aromatic N) is 1. The minimum Gasteiger partial charge on any atom is -0.480 e. The van der Waals surface area contributed by atoms with Gasteiger partial charge in [-0.25, -0.2) is 19.2 Å². The van der Waals surface area contributed by atoms with Crippen LogP contribution in [0.3, 0.4) is 0 Å². The molecule has 0 aromatic carbocycles. The molecule has 0 aromatic heterocycles. The highest BCUT2D eigenvalue weighted by molar-refractivity contribution is 7.99. The zero-order valence-corrected chi connectivity index (χ0v) is 24.9. The van der Waals surface area contributed by atoms with Gasteiger partial charge in [0.2, 0.25) is 0 Å². The van der Waals surface area contributed by atoms with Gasteiger partial charge in [0.1, 0.15) is 28.9 Å². The summed E-state index contributed by atoms with van der Waals surface area (Å²) in [6, 6.07) is -1.06. The monoisotopic (exact) mass is 584 g/mol. The molecule has 0 bridgehead atoms. The van der Waals surface area contributed by atoms with E-state index in [0.717, 1.165) is 5.88 Å². The van der Waals surface area contributed by atoms with Gasteiger partial charge < -0.3 is 29.2 Å². The Morgan fingerprint density at radius 2 is 1.21 bits per heavy atom. The van der Waals surface area contributed by atoms with E-state index in [0.29, 0.717) is 17.4 Å². The van der Waals surface area contributed by atoms with Crippen molar-refractivity contribution >= 4 is 53.9 Å². The highest BCUT2D eigenvalue weighted by Gasteiger charge is 2.37. The fourth-order valence-electron chi connectivity index (χ4n) is 2.31. The predicted octanol–water partition coefficient (Wildman–Crippen LogP) is 3.99. The molecular weight excluding hydrogens is 544 g/mol. The highest BCUT2D eigenvalue weighted by Crippen LogP contribution is 2.23. The fourth-order valence-corrected chi connectivity index (χ4v) is 4.38. The molecule has 1 amide bonds. The van der Waals surface area contributed by atoms with E-state index in [1.807, 2.05) is 0 Å². The van der Waals surface area contributed by atoms with Crippen LogP contribution in [0.15, 0.2) is 0 Å². The van der Waals surface area contributed by atoms with Crippen LogP contribution in [0.2, 0.25) is 0 Å². The van der Waals surface area contributed by atoms with Crippen molar-refractivity contribution in [3.05, 3.63) is 0 Å². The Morgan fingerprint density at radius 3 is 1.53 bits per heavy atom. The molecule has 2 rings (SSSR count). The summed E-state index contributed by atoms with van der Waals surface area (Å²) in [7, 11) is 0. The smallest absolute Gasteiger partial charge is 0.480 e. The molecule has 220 valence electrons. The number of thioether (sulfide) groups is 2. The summed E-state index contributed by atoms with van der Waals surface area (Å²) in [5, 5.41) is 20.0. The molecule has 0 aliphatic carbocycles. The number of carbonyl (C=O) groups is 5. The summed E-state index contributed by atoms with van der Waals surface area (Å²) in [5.74, 6) is 0.563. The lowest BCUT2D eigenvalue weighted by Gasteiger charge is -2.26. The van der Waals surface area contributed by atoms with Crippen LogP contribution in [-0.2, 0) is 28.5 Å². The molecule has 2 atom stereocenters. The Balaban J connectivity index is 0.000000565. The van der Waals surface area contributed by atoms with Gasteiger partial charge in [0.05, 0.1) is 5.88 Å². The van der Waals surface area contributed by atoms with Crippen LogP contribution in [0.1, 0.15) is 62.3 Å². The molecule has 2 saturated heterocycles. The van der Waals surface area contributed by atoms with Gasteiger partial charge in [-0.05, 0) is 62.3 Å². The molecule has 2 aliphatic heterocycles. The van der Waals surface area contributed by atoms with E-state index in [9.17, 15) is 24.0 Å².